The zero-order valence-electron chi connectivity index (χ0n) is 15.3. The van der Waals surface area contributed by atoms with E-state index in [1.165, 1.54) is 12.5 Å². The van der Waals surface area contributed by atoms with Crippen LogP contribution in [0.25, 0.3) is 0 Å². The molecule has 128 valence electrons. The smallest absolute Gasteiger partial charge is 0.201 e. The van der Waals surface area contributed by atoms with Crippen LogP contribution in [0.15, 0.2) is 24.3 Å². The number of benzene rings is 1. The number of anilines is 1. The maximum absolute atomic E-state index is 12.8. The number of aromatic amines is 1. The quantitative estimate of drug-likeness (QED) is 0.760. The van der Waals surface area contributed by atoms with Crippen LogP contribution in [0, 0.1) is 13.8 Å². The second kappa shape index (κ2) is 7.04. The van der Waals surface area contributed by atoms with Crippen molar-refractivity contribution in [3.8, 4) is 0 Å². The van der Waals surface area contributed by atoms with Crippen LogP contribution in [0.2, 0.25) is 0 Å². The average Bonchev–Trinajstić information content (AvgIpc) is 2.81. The van der Waals surface area contributed by atoms with Crippen LogP contribution < -0.4 is 5.32 Å². The maximum Gasteiger partial charge on any atom is 0.201 e. The fourth-order valence-electron chi connectivity index (χ4n) is 3.17. The lowest BCUT2D eigenvalue weighted by molar-refractivity contribution is 0.0970. The molecule has 1 atom stereocenters. The third-order valence-corrected chi connectivity index (χ3v) is 4.38. The molecule has 0 saturated heterocycles. The van der Waals surface area contributed by atoms with E-state index < -0.39 is 0 Å². The van der Waals surface area contributed by atoms with Crippen molar-refractivity contribution in [2.75, 3.05) is 5.32 Å². The molecule has 0 spiro atoms. The summed E-state index contributed by atoms with van der Waals surface area (Å²) < 4.78 is 0. The molecule has 1 aromatic heterocycles. The van der Waals surface area contributed by atoms with Crippen LogP contribution in [0.5, 0.6) is 0 Å². The molecule has 0 aliphatic rings. The number of H-pyrrole nitrogens is 1. The molecule has 1 aromatic carbocycles. The predicted molar refractivity (Wildman–Crippen MR) is 98.2 cm³/mol. The zero-order valence-corrected chi connectivity index (χ0v) is 15.3. The van der Waals surface area contributed by atoms with Crippen LogP contribution >= 0.6 is 0 Å². The number of carbonyl (C=O) groups is 2. The van der Waals surface area contributed by atoms with Crippen molar-refractivity contribution in [1.29, 1.82) is 0 Å². The summed E-state index contributed by atoms with van der Waals surface area (Å²) >= 11 is 0. The first-order chi connectivity index (χ1) is 11.2. The minimum Gasteiger partial charge on any atom is -0.375 e. The van der Waals surface area contributed by atoms with E-state index in [0.29, 0.717) is 17.2 Å². The Morgan fingerprint density at radius 2 is 1.71 bits per heavy atom. The van der Waals surface area contributed by atoms with Gasteiger partial charge in [-0.3, -0.25) is 9.59 Å². The molecule has 0 fully saturated rings. The van der Waals surface area contributed by atoms with Crippen molar-refractivity contribution < 1.29 is 9.59 Å². The van der Waals surface area contributed by atoms with Gasteiger partial charge in [0, 0.05) is 16.9 Å². The Balaban J connectivity index is 2.29. The van der Waals surface area contributed by atoms with Crippen molar-refractivity contribution in [3.63, 3.8) is 0 Å². The summed E-state index contributed by atoms with van der Waals surface area (Å²) in [7, 11) is 0. The first-order valence-electron chi connectivity index (χ1n) is 8.33. The summed E-state index contributed by atoms with van der Waals surface area (Å²) in [6.07, 6.45) is 0. The topological polar surface area (TPSA) is 62.0 Å². The lowest BCUT2D eigenvalue weighted by Crippen LogP contribution is -2.27. The fourth-order valence-corrected chi connectivity index (χ4v) is 3.17. The van der Waals surface area contributed by atoms with Gasteiger partial charge in [0.05, 0.1) is 11.7 Å². The summed E-state index contributed by atoms with van der Waals surface area (Å²) in [4.78, 5) is 27.7. The van der Waals surface area contributed by atoms with Crippen molar-refractivity contribution >= 4 is 17.3 Å². The van der Waals surface area contributed by atoms with Gasteiger partial charge in [-0.05, 0) is 50.8 Å². The lowest BCUT2D eigenvalue weighted by atomic mass is 9.99. The Hall–Kier alpha value is -2.36. The fraction of sp³-hybridized carbons (Fsp3) is 0.400. The van der Waals surface area contributed by atoms with E-state index in [-0.39, 0.29) is 17.6 Å². The number of hydrogen-bond acceptors (Lipinski definition) is 3. The summed E-state index contributed by atoms with van der Waals surface area (Å²) in [6.45, 7) is 11.3. The van der Waals surface area contributed by atoms with Gasteiger partial charge in [-0.15, -0.1) is 0 Å². The number of nitrogens with one attached hydrogen (secondary N) is 2. The first kappa shape index (κ1) is 18.0. The summed E-state index contributed by atoms with van der Waals surface area (Å²) in [5.74, 6) is 0.308. The van der Waals surface area contributed by atoms with Gasteiger partial charge < -0.3 is 10.3 Å². The third-order valence-electron chi connectivity index (χ3n) is 4.38. The predicted octanol–water partition coefficient (Wildman–Crippen LogP) is 4.64. The standard InChI is InChI=1S/C20H26N2O2/c1-11(2)16-9-7-8-10-17(16)21-14(5)20(24)19-12(3)18(15(6)23)13(4)22-19/h7-11,14,21-22H,1-6H3/t14-/m1/s1. The molecule has 0 unspecified atom stereocenters. The summed E-state index contributed by atoms with van der Waals surface area (Å²) in [5, 5.41) is 3.32. The SMILES string of the molecule is CC(=O)c1c(C)[nH]c(C(=O)[C@@H](C)Nc2ccccc2C(C)C)c1C. The molecule has 4 heteroatoms. The van der Waals surface area contributed by atoms with Crippen molar-refractivity contribution in [1.82, 2.24) is 4.98 Å². The Morgan fingerprint density at radius 1 is 1.08 bits per heavy atom. The van der Waals surface area contributed by atoms with Gasteiger partial charge in [0.15, 0.2) is 5.78 Å². The van der Waals surface area contributed by atoms with Crippen molar-refractivity contribution in [2.45, 2.75) is 53.5 Å². The van der Waals surface area contributed by atoms with Crippen LogP contribution in [-0.2, 0) is 0 Å². The maximum atomic E-state index is 12.8. The van der Waals surface area contributed by atoms with E-state index in [2.05, 4.69) is 30.2 Å². The van der Waals surface area contributed by atoms with Crippen LogP contribution in [-0.4, -0.2) is 22.6 Å². The van der Waals surface area contributed by atoms with Gasteiger partial charge in [-0.2, -0.15) is 0 Å². The van der Waals surface area contributed by atoms with E-state index in [9.17, 15) is 9.59 Å². The highest BCUT2D eigenvalue weighted by atomic mass is 16.1. The van der Waals surface area contributed by atoms with Crippen molar-refractivity contribution in [3.05, 3.63) is 52.3 Å². The Bertz CT molecular complexity index is 772. The molecule has 0 amide bonds. The van der Waals surface area contributed by atoms with Gasteiger partial charge >= 0.3 is 0 Å². The number of Topliss-reactive ketones (excluding diaryl/α,β-unsaturated/α-hetero) is 2. The monoisotopic (exact) mass is 326 g/mol. The Labute approximate surface area is 143 Å². The second-order valence-corrected chi connectivity index (χ2v) is 6.65. The van der Waals surface area contributed by atoms with Crippen molar-refractivity contribution in [2.24, 2.45) is 0 Å². The highest BCUT2D eigenvalue weighted by Crippen LogP contribution is 2.25. The van der Waals surface area contributed by atoms with E-state index >= 15 is 0 Å². The highest BCUT2D eigenvalue weighted by molar-refractivity contribution is 6.05. The third kappa shape index (κ3) is 3.42. The molecule has 2 rings (SSSR count). The largest absolute Gasteiger partial charge is 0.375 e. The number of rotatable bonds is 6. The van der Waals surface area contributed by atoms with E-state index in [4.69, 9.17) is 0 Å². The Morgan fingerprint density at radius 3 is 2.25 bits per heavy atom. The highest BCUT2D eigenvalue weighted by Gasteiger charge is 2.24. The molecular weight excluding hydrogens is 300 g/mol. The summed E-state index contributed by atoms with van der Waals surface area (Å²) in [5.41, 5.74) is 4.77. The van der Waals surface area contributed by atoms with Gasteiger partial charge in [-0.1, -0.05) is 32.0 Å². The van der Waals surface area contributed by atoms with E-state index in [1.807, 2.05) is 39.0 Å². The lowest BCUT2D eigenvalue weighted by Gasteiger charge is -2.19. The molecule has 0 aliphatic heterocycles. The number of carbonyl (C=O) groups excluding carboxylic acids is 2. The molecule has 4 nitrogen and oxygen atoms in total. The number of aryl methyl sites for hydroxylation is 1. The number of para-hydroxylation sites is 1. The van der Waals surface area contributed by atoms with Gasteiger partial charge in [0.1, 0.15) is 0 Å². The van der Waals surface area contributed by atoms with Crippen LogP contribution in [0.3, 0.4) is 0 Å². The number of hydrogen-bond donors (Lipinski definition) is 2. The van der Waals surface area contributed by atoms with Gasteiger partial charge in [0.25, 0.3) is 0 Å². The first-order valence-corrected chi connectivity index (χ1v) is 8.33. The zero-order chi connectivity index (χ0) is 18.0. The minimum atomic E-state index is -0.388. The Kier molecular flexibility index (Phi) is 5.27. The molecule has 24 heavy (non-hydrogen) atoms. The molecule has 0 radical (unpaired) electrons. The number of aromatic nitrogens is 1. The average molecular weight is 326 g/mol. The van der Waals surface area contributed by atoms with Crippen LogP contribution in [0.1, 0.15) is 71.3 Å². The molecule has 0 bridgehead atoms. The molecule has 2 aromatic rings. The van der Waals surface area contributed by atoms with E-state index in [0.717, 1.165) is 16.9 Å². The second-order valence-electron chi connectivity index (χ2n) is 6.65. The molecule has 2 N–H and O–H groups in total. The molecular formula is C20H26N2O2. The van der Waals surface area contributed by atoms with Gasteiger partial charge in [0.2, 0.25) is 5.78 Å². The normalized spacial score (nSPS) is 12.3. The molecule has 0 aliphatic carbocycles. The molecule has 1 heterocycles. The minimum absolute atomic E-state index is 0.0222. The van der Waals surface area contributed by atoms with E-state index in [1.54, 1.807) is 0 Å². The molecule has 0 saturated carbocycles. The number of ketones is 2. The van der Waals surface area contributed by atoms with Crippen LogP contribution in [0.4, 0.5) is 5.69 Å². The summed E-state index contributed by atoms with van der Waals surface area (Å²) in [6, 6.07) is 7.64. The van der Waals surface area contributed by atoms with Gasteiger partial charge in [-0.25, -0.2) is 0 Å².